The second-order valence-corrected chi connectivity index (χ2v) is 9.32. The third-order valence-electron chi connectivity index (χ3n) is 7.30. The van der Waals surface area contributed by atoms with E-state index in [1.807, 2.05) is 6.92 Å². The molecule has 156 valence electrons. The van der Waals surface area contributed by atoms with Gasteiger partial charge in [0.1, 0.15) is 0 Å². The molecule has 1 heterocycles. The summed E-state index contributed by atoms with van der Waals surface area (Å²) >= 11 is 0. The van der Waals surface area contributed by atoms with Crippen LogP contribution in [0.2, 0.25) is 0 Å². The highest BCUT2D eigenvalue weighted by Gasteiger charge is 2.23. The predicted octanol–water partition coefficient (Wildman–Crippen LogP) is 5.89. The average molecular weight is 392 g/mol. The molecule has 2 atom stereocenters. The highest BCUT2D eigenvalue weighted by Crippen LogP contribution is 2.36. The number of benzene rings is 2. The lowest BCUT2D eigenvalue weighted by atomic mass is 9.78. The van der Waals surface area contributed by atoms with Crippen LogP contribution in [0.3, 0.4) is 0 Å². The Morgan fingerprint density at radius 3 is 2.48 bits per heavy atom. The Morgan fingerprint density at radius 1 is 0.966 bits per heavy atom. The first-order valence-corrected chi connectivity index (χ1v) is 11.8. The zero-order valence-corrected chi connectivity index (χ0v) is 18.0. The summed E-state index contributed by atoms with van der Waals surface area (Å²) in [5.74, 6) is 1.73. The number of hydrogen-bond donors (Lipinski definition) is 1. The molecule has 0 spiro atoms. The Labute approximate surface area is 177 Å². The van der Waals surface area contributed by atoms with E-state index in [4.69, 9.17) is 0 Å². The van der Waals surface area contributed by atoms with Crippen LogP contribution in [0, 0.1) is 5.92 Å². The number of likely N-dealkylation sites (tertiary alicyclic amines) is 1. The molecule has 0 aromatic heterocycles. The summed E-state index contributed by atoms with van der Waals surface area (Å²) in [5, 5.41) is 9.64. The van der Waals surface area contributed by atoms with E-state index in [0.717, 1.165) is 30.4 Å². The van der Waals surface area contributed by atoms with Gasteiger partial charge in [-0.1, -0.05) is 48.5 Å². The Kier molecular flexibility index (Phi) is 7.05. The van der Waals surface area contributed by atoms with Gasteiger partial charge < -0.3 is 10.0 Å². The Balaban J connectivity index is 1.18. The molecule has 1 fully saturated rings. The number of rotatable bonds is 7. The molecule has 2 heteroatoms. The third kappa shape index (κ3) is 5.49. The molecule has 2 nitrogen and oxygen atoms in total. The summed E-state index contributed by atoms with van der Waals surface area (Å²) in [5.41, 5.74) is 5.65. The molecule has 2 unspecified atom stereocenters. The summed E-state index contributed by atoms with van der Waals surface area (Å²) in [6.07, 6.45) is 10.3. The average Bonchev–Trinajstić information content (AvgIpc) is 2.77. The molecule has 1 N–H and O–H groups in total. The number of aryl methyl sites for hydroxylation is 1. The van der Waals surface area contributed by atoms with E-state index in [0.29, 0.717) is 0 Å². The molecule has 0 saturated carbocycles. The van der Waals surface area contributed by atoms with E-state index < -0.39 is 0 Å². The highest BCUT2D eigenvalue weighted by molar-refractivity contribution is 5.32. The number of aliphatic hydroxyl groups excluding tert-OH is 1. The number of piperidine rings is 1. The van der Waals surface area contributed by atoms with Crippen molar-refractivity contribution >= 4 is 0 Å². The van der Waals surface area contributed by atoms with Crippen molar-refractivity contribution < 1.29 is 5.11 Å². The highest BCUT2D eigenvalue weighted by atomic mass is 16.3. The van der Waals surface area contributed by atoms with E-state index >= 15 is 0 Å². The Hall–Kier alpha value is -1.64. The molecule has 2 aliphatic rings. The van der Waals surface area contributed by atoms with Gasteiger partial charge in [-0.3, -0.25) is 0 Å². The van der Waals surface area contributed by atoms with Gasteiger partial charge in [0.05, 0.1) is 6.10 Å². The third-order valence-corrected chi connectivity index (χ3v) is 7.30. The minimum Gasteiger partial charge on any atom is -0.389 e. The molecular weight excluding hydrogens is 354 g/mol. The molecule has 4 rings (SSSR count). The van der Waals surface area contributed by atoms with Crippen molar-refractivity contribution in [2.24, 2.45) is 5.92 Å². The number of hydrogen-bond acceptors (Lipinski definition) is 2. The molecule has 0 amide bonds. The van der Waals surface area contributed by atoms with Gasteiger partial charge in [-0.2, -0.15) is 0 Å². The normalized spacial score (nSPS) is 21.7. The van der Waals surface area contributed by atoms with Crippen LogP contribution >= 0.6 is 0 Å². The van der Waals surface area contributed by atoms with Gasteiger partial charge >= 0.3 is 0 Å². The maximum Gasteiger partial charge on any atom is 0.0761 e. The van der Waals surface area contributed by atoms with E-state index in [9.17, 15) is 5.11 Å². The van der Waals surface area contributed by atoms with Crippen LogP contribution in [-0.4, -0.2) is 29.6 Å². The molecule has 0 bridgehead atoms. The van der Waals surface area contributed by atoms with Crippen LogP contribution in [0.15, 0.2) is 48.5 Å². The molecule has 1 aliphatic carbocycles. The summed E-state index contributed by atoms with van der Waals surface area (Å²) < 4.78 is 0. The maximum atomic E-state index is 9.64. The van der Waals surface area contributed by atoms with Gasteiger partial charge in [0.25, 0.3) is 0 Å². The van der Waals surface area contributed by atoms with Crippen molar-refractivity contribution in [1.82, 2.24) is 4.90 Å². The summed E-state index contributed by atoms with van der Waals surface area (Å²) in [4.78, 5) is 2.65. The van der Waals surface area contributed by atoms with E-state index in [-0.39, 0.29) is 6.10 Å². The summed E-state index contributed by atoms with van der Waals surface area (Å²) in [6, 6.07) is 17.7. The van der Waals surface area contributed by atoms with Gasteiger partial charge in [-0.05, 0) is 105 Å². The van der Waals surface area contributed by atoms with Crippen molar-refractivity contribution in [3.05, 3.63) is 70.8 Å². The fraction of sp³-hybridized carbons (Fsp3) is 0.556. The smallest absolute Gasteiger partial charge is 0.0761 e. The fourth-order valence-corrected chi connectivity index (χ4v) is 5.34. The van der Waals surface area contributed by atoms with Crippen LogP contribution in [0.1, 0.15) is 79.7 Å². The van der Waals surface area contributed by atoms with E-state index in [2.05, 4.69) is 53.4 Å². The molecule has 29 heavy (non-hydrogen) atoms. The van der Waals surface area contributed by atoms with Crippen LogP contribution in [0.5, 0.6) is 0 Å². The van der Waals surface area contributed by atoms with Crippen LogP contribution in [-0.2, 0) is 12.8 Å². The summed E-state index contributed by atoms with van der Waals surface area (Å²) in [7, 11) is 0. The number of aliphatic hydroxyl groups is 1. The predicted molar refractivity (Wildman–Crippen MR) is 121 cm³/mol. The monoisotopic (exact) mass is 391 g/mol. The van der Waals surface area contributed by atoms with Crippen LogP contribution < -0.4 is 0 Å². The summed E-state index contributed by atoms with van der Waals surface area (Å²) in [6.45, 7) is 5.51. The SMILES string of the molecule is CC(O)c1ccc(CCN2CCC(CCC3CCCc4ccccc43)CC2)cc1. The van der Waals surface area contributed by atoms with Crippen molar-refractivity contribution in [3.8, 4) is 0 Å². The fourth-order valence-electron chi connectivity index (χ4n) is 5.34. The minimum absolute atomic E-state index is 0.370. The zero-order valence-electron chi connectivity index (χ0n) is 18.0. The molecule has 0 radical (unpaired) electrons. The second kappa shape index (κ2) is 9.91. The topological polar surface area (TPSA) is 23.5 Å². The first kappa shape index (κ1) is 20.6. The second-order valence-electron chi connectivity index (χ2n) is 9.32. The molecule has 2 aromatic rings. The molecule has 1 aliphatic heterocycles. The van der Waals surface area contributed by atoms with E-state index in [1.165, 1.54) is 63.6 Å². The van der Waals surface area contributed by atoms with Gasteiger partial charge in [0.2, 0.25) is 0 Å². The quantitative estimate of drug-likeness (QED) is 0.636. The van der Waals surface area contributed by atoms with Crippen molar-refractivity contribution in [2.45, 2.75) is 70.3 Å². The lowest BCUT2D eigenvalue weighted by Gasteiger charge is -2.33. The molecule has 1 saturated heterocycles. The molecular formula is C27H37NO. The zero-order chi connectivity index (χ0) is 20.1. The Morgan fingerprint density at radius 2 is 1.72 bits per heavy atom. The van der Waals surface area contributed by atoms with Crippen LogP contribution in [0.25, 0.3) is 0 Å². The standard InChI is InChI=1S/C27H37NO/c1-21(29)24-12-9-22(10-13-24)15-18-28-19-16-23(17-20-28)11-14-26-7-4-6-25-5-2-3-8-27(25)26/h2-3,5,8-10,12-13,21,23,26,29H,4,6-7,11,14-20H2,1H3. The van der Waals surface area contributed by atoms with Crippen molar-refractivity contribution in [2.75, 3.05) is 19.6 Å². The van der Waals surface area contributed by atoms with Crippen LogP contribution in [0.4, 0.5) is 0 Å². The lowest BCUT2D eigenvalue weighted by Crippen LogP contribution is -2.35. The van der Waals surface area contributed by atoms with Crippen molar-refractivity contribution in [1.29, 1.82) is 0 Å². The maximum absolute atomic E-state index is 9.64. The Bertz CT molecular complexity index is 758. The minimum atomic E-state index is -0.370. The van der Waals surface area contributed by atoms with Gasteiger partial charge in [0, 0.05) is 6.54 Å². The first-order chi connectivity index (χ1) is 14.2. The number of fused-ring (bicyclic) bond motifs is 1. The van der Waals surface area contributed by atoms with Crippen molar-refractivity contribution in [3.63, 3.8) is 0 Å². The van der Waals surface area contributed by atoms with E-state index in [1.54, 1.807) is 11.1 Å². The molecule has 2 aromatic carbocycles. The van der Waals surface area contributed by atoms with Gasteiger partial charge in [-0.25, -0.2) is 0 Å². The van der Waals surface area contributed by atoms with Gasteiger partial charge in [0.15, 0.2) is 0 Å². The number of nitrogens with zero attached hydrogens (tertiary/aromatic N) is 1. The lowest BCUT2D eigenvalue weighted by molar-refractivity contribution is 0.177. The van der Waals surface area contributed by atoms with Gasteiger partial charge in [-0.15, -0.1) is 0 Å². The first-order valence-electron chi connectivity index (χ1n) is 11.8. The largest absolute Gasteiger partial charge is 0.389 e.